The third kappa shape index (κ3) is 3.18. The third-order valence-corrected chi connectivity index (χ3v) is 4.57. The summed E-state index contributed by atoms with van der Waals surface area (Å²) in [4.78, 5) is 39.1. The summed E-state index contributed by atoms with van der Waals surface area (Å²) in [5.74, 6) is -0.962. The number of benzene rings is 2. The zero-order valence-corrected chi connectivity index (χ0v) is 14.1. The van der Waals surface area contributed by atoms with Crippen LogP contribution in [0.4, 0.5) is 4.79 Å². The molecule has 5 heteroatoms. The molecule has 3 rings (SSSR count). The van der Waals surface area contributed by atoms with Crippen LogP contribution in [0.5, 0.6) is 0 Å². The van der Waals surface area contributed by atoms with Crippen molar-refractivity contribution >= 4 is 17.8 Å². The maximum atomic E-state index is 13.2. The molecular formula is C20H20N2O3. The number of carbonyl (C=O) groups excluding carboxylic acids is 3. The van der Waals surface area contributed by atoms with Crippen molar-refractivity contribution in [2.24, 2.45) is 5.41 Å². The summed E-state index contributed by atoms with van der Waals surface area (Å²) >= 11 is 0. The first-order valence-electron chi connectivity index (χ1n) is 8.32. The predicted octanol–water partition coefficient (Wildman–Crippen LogP) is 2.56. The van der Waals surface area contributed by atoms with Gasteiger partial charge in [0, 0.05) is 6.54 Å². The van der Waals surface area contributed by atoms with Gasteiger partial charge in [-0.1, -0.05) is 60.7 Å². The number of barbiturate groups is 1. The van der Waals surface area contributed by atoms with Crippen molar-refractivity contribution in [3.8, 4) is 0 Å². The monoisotopic (exact) mass is 336 g/mol. The van der Waals surface area contributed by atoms with Crippen LogP contribution in [0.1, 0.15) is 18.1 Å². The van der Waals surface area contributed by atoms with Gasteiger partial charge in [-0.05, 0) is 30.9 Å². The number of nitrogens with one attached hydrogen (secondary N) is 1. The fraction of sp³-hybridized carbons (Fsp3) is 0.250. The second-order valence-corrected chi connectivity index (χ2v) is 6.22. The molecule has 0 unspecified atom stereocenters. The van der Waals surface area contributed by atoms with Crippen molar-refractivity contribution in [3.05, 3.63) is 71.8 Å². The first-order chi connectivity index (χ1) is 12.1. The Hall–Kier alpha value is -2.95. The number of carbonyl (C=O) groups is 3. The van der Waals surface area contributed by atoms with E-state index in [-0.39, 0.29) is 19.4 Å². The first kappa shape index (κ1) is 16.9. The quantitative estimate of drug-likeness (QED) is 0.854. The lowest BCUT2D eigenvalue weighted by Gasteiger charge is -2.39. The molecule has 128 valence electrons. The summed E-state index contributed by atoms with van der Waals surface area (Å²) in [7, 11) is 0. The van der Waals surface area contributed by atoms with E-state index in [0.29, 0.717) is 0 Å². The summed E-state index contributed by atoms with van der Waals surface area (Å²) in [6, 6.07) is 18.2. The average Bonchev–Trinajstić information content (AvgIpc) is 2.62. The number of imide groups is 2. The Morgan fingerprint density at radius 2 is 1.32 bits per heavy atom. The Kier molecular flexibility index (Phi) is 4.65. The minimum Gasteiger partial charge on any atom is -0.277 e. The highest BCUT2D eigenvalue weighted by atomic mass is 16.2. The molecule has 2 aromatic rings. The molecule has 5 nitrogen and oxygen atoms in total. The molecule has 1 fully saturated rings. The number of amides is 4. The van der Waals surface area contributed by atoms with E-state index in [1.165, 1.54) is 0 Å². The zero-order chi connectivity index (χ0) is 17.9. The molecule has 0 saturated carbocycles. The van der Waals surface area contributed by atoms with E-state index in [4.69, 9.17) is 0 Å². The SMILES string of the molecule is CCN1C(=O)NC(=O)C(Cc2ccccc2)(Cc2ccccc2)C1=O. The lowest BCUT2D eigenvalue weighted by Crippen LogP contribution is -2.65. The molecule has 0 aromatic heterocycles. The smallest absolute Gasteiger partial charge is 0.277 e. The predicted molar refractivity (Wildman–Crippen MR) is 93.7 cm³/mol. The van der Waals surface area contributed by atoms with E-state index in [0.717, 1.165) is 16.0 Å². The third-order valence-electron chi connectivity index (χ3n) is 4.57. The van der Waals surface area contributed by atoms with E-state index in [2.05, 4.69) is 5.32 Å². The van der Waals surface area contributed by atoms with Crippen molar-refractivity contribution in [2.45, 2.75) is 19.8 Å². The highest BCUT2D eigenvalue weighted by molar-refractivity contribution is 6.19. The number of nitrogens with zero attached hydrogens (tertiary/aromatic N) is 1. The van der Waals surface area contributed by atoms with Gasteiger partial charge >= 0.3 is 6.03 Å². The molecule has 4 amide bonds. The van der Waals surface area contributed by atoms with Crippen molar-refractivity contribution in [3.63, 3.8) is 0 Å². The molecule has 2 aromatic carbocycles. The Morgan fingerprint density at radius 1 is 0.840 bits per heavy atom. The minimum absolute atomic E-state index is 0.225. The molecule has 1 aliphatic rings. The molecule has 1 N–H and O–H groups in total. The lowest BCUT2D eigenvalue weighted by molar-refractivity contribution is -0.151. The van der Waals surface area contributed by atoms with Gasteiger partial charge < -0.3 is 0 Å². The lowest BCUT2D eigenvalue weighted by atomic mass is 9.73. The van der Waals surface area contributed by atoms with Gasteiger partial charge in [-0.25, -0.2) is 4.79 Å². The van der Waals surface area contributed by atoms with Crippen molar-refractivity contribution in [1.29, 1.82) is 0 Å². The summed E-state index contributed by atoms with van der Waals surface area (Å²) < 4.78 is 0. The summed E-state index contributed by atoms with van der Waals surface area (Å²) in [5.41, 5.74) is 0.437. The van der Waals surface area contributed by atoms with Gasteiger partial charge in [0.1, 0.15) is 5.41 Å². The van der Waals surface area contributed by atoms with Crippen molar-refractivity contribution in [2.75, 3.05) is 6.54 Å². The Labute approximate surface area is 146 Å². The summed E-state index contributed by atoms with van der Waals surface area (Å²) in [6.07, 6.45) is 0.494. The van der Waals surface area contributed by atoms with Gasteiger partial charge in [0.25, 0.3) is 0 Å². The standard InChI is InChI=1S/C20H20N2O3/c1-2-22-18(24)20(17(23)21-19(22)25,13-15-9-5-3-6-10-15)14-16-11-7-4-8-12-16/h3-12H,2,13-14H2,1H3,(H,21,23,25). The van der Waals surface area contributed by atoms with Gasteiger partial charge in [-0.2, -0.15) is 0 Å². The molecule has 1 heterocycles. The zero-order valence-electron chi connectivity index (χ0n) is 14.1. The maximum absolute atomic E-state index is 13.2. The van der Waals surface area contributed by atoms with Gasteiger partial charge in [-0.3, -0.25) is 19.8 Å². The average molecular weight is 336 g/mol. The highest BCUT2D eigenvalue weighted by Gasteiger charge is 2.53. The normalized spacial score (nSPS) is 16.7. The molecule has 1 aliphatic heterocycles. The van der Waals surface area contributed by atoms with E-state index in [1.807, 2.05) is 60.7 Å². The Balaban J connectivity index is 2.05. The molecule has 25 heavy (non-hydrogen) atoms. The largest absolute Gasteiger partial charge is 0.330 e. The fourth-order valence-electron chi connectivity index (χ4n) is 3.28. The van der Waals surface area contributed by atoms with Gasteiger partial charge in [0.15, 0.2) is 0 Å². The van der Waals surface area contributed by atoms with Crippen LogP contribution in [0.3, 0.4) is 0 Å². The van der Waals surface area contributed by atoms with Crippen LogP contribution in [0.25, 0.3) is 0 Å². The Bertz CT molecular complexity index is 746. The van der Waals surface area contributed by atoms with E-state index in [1.54, 1.807) is 6.92 Å². The van der Waals surface area contributed by atoms with Crippen LogP contribution < -0.4 is 5.32 Å². The molecule has 0 spiro atoms. The van der Waals surface area contributed by atoms with Gasteiger partial charge in [0.05, 0.1) is 0 Å². The number of urea groups is 1. The van der Waals surface area contributed by atoms with Crippen LogP contribution in [-0.4, -0.2) is 29.3 Å². The second-order valence-electron chi connectivity index (χ2n) is 6.22. The topological polar surface area (TPSA) is 66.5 Å². The molecule has 0 bridgehead atoms. The summed E-state index contributed by atoms with van der Waals surface area (Å²) in [5, 5.41) is 2.37. The fourth-order valence-corrected chi connectivity index (χ4v) is 3.28. The first-order valence-corrected chi connectivity index (χ1v) is 8.32. The second kappa shape index (κ2) is 6.89. The molecule has 1 saturated heterocycles. The molecule has 0 aliphatic carbocycles. The molecular weight excluding hydrogens is 316 g/mol. The van der Waals surface area contributed by atoms with E-state index < -0.39 is 23.3 Å². The van der Waals surface area contributed by atoms with Gasteiger partial charge in [0.2, 0.25) is 11.8 Å². The van der Waals surface area contributed by atoms with Crippen LogP contribution in [0.15, 0.2) is 60.7 Å². The number of hydrogen-bond donors (Lipinski definition) is 1. The Morgan fingerprint density at radius 3 is 1.76 bits per heavy atom. The maximum Gasteiger partial charge on any atom is 0.330 e. The van der Waals surface area contributed by atoms with Crippen molar-refractivity contribution < 1.29 is 14.4 Å². The van der Waals surface area contributed by atoms with E-state index in [9.17, 15) is 14.4 Å². The minimum atomic E-state index is -1.33. The van der Waals surface area contributed by atoms with E-state index >= 15 is 0 Å². The highest BCUT2D eigenvalue weighted by Crippen LogP contribution is 2.33. The van der Waals surface area contributed by atoms with Crippen molar-refractivity contribution in [1.82, 2.24) is 10.2 Å². The number of hydrogen-bond acceptors (Lipinski definition) is 3. The number of rotatable bonds is 5. The molecule has 0 radical (unpaired) electrons. The van der Waals surface area contributed by atoms with Crippen LogP contribution in [-0.2, 0) is 22.4 Å². The summed E-state index contributed by atoms with van der Waals surface area (Å²) in [6.45, 7) is 1.95. The van der Waals surface area contributed by atoms with Crippen LogP contribution >= 0.6 is 0 Å². The van der Waals surface area contributed by atoms with Crippen LogP contribution in [0, 0.1) is 5.41 Å². The van der Waals surface area contributed by atoms with Gasteiger partial charge in [-0.15, -0.1) is 0 Å². The van der Waals surface area contributed by atoms with Crippen LogP contribution in [0.2, 0.25) is 0 Å². The molecule has 0 atom stereocenters.